The number of rotatable bonds is 4. The molecule has 4 heteroatoms. The smallest absolute Gasteiger partial charge is 0.251 e. The molecule has 0 aliphatic carbocycles. The average molecular weight is 264 g/mol. The van der Waals surface area contributed by atoms with Crippen LogP contribution in [0.2, 0.25) is 0 Å². The van der Waals surface area contributed by atoms with Crippen molar-refractivity contribution in [3.8, 4) is 0 Å². The SMILES string of the molecule is NCc1ccc(C(=O)NCC2CCSCC2)cc1. The number of carbonyl (C=O) groups excluding carboxylic acids is 1. The van der Waals surface area contributed by atoms with Crippen LogP contribution < -0.4 is 11.1 Å². The summed E-state index contributed by atoms with van der Waals surface area (Å²) in [5, 5.41) is 3.03. The molecule has 1 heterocycles. The van der Waals surface area contributed by atoms with E-state index in [2.05, 4.69) is 5.32 Å². The lowest BCUT2D eigenvalue weighted by molar-refractivity contribution is 0.0946. The molecule has 1 aromatic carbocycles. The van der Waals surface area contributed by atoms with Gasteiger partial charge in [-0.3, -0.25) is 4.79 Å². The van der Waals surface area contributed by atoms with Gasteiger partial charge in [0.15, 0.2) is 0 Å². The minimum absolute atomic E-state index is 0.0248. The third-order valence-corrected chi connectivity index (χ3v) is 4.39. The molecule has 0 spiro atoms. The maximum Gasteiger partial charge on any atom is 0.251 e. The number of thioether (sulfide) groups is 1. The Hall–Kier alpha value is -1.00. The fourth-order valence-electron chi connectivity index (χ4n) is 2.08. The molecule has 1 amide bonds. The standard InChI is InChI=1S/C14H20N2OS/c15-9-11-1-3-13(4-2-11)14(17)16-10-12-5-7-18-8-6-12/h1-4,12H,5-10,15H2,(H,16,17). The third kappa shape index (κ3) is 3.75. The summed E-state index contributed by atoms with van der Waals surface area (Å²) in [7, 11) is 0. The molecule has 2 rings (SSSR count). The van der Waals surface area contributed by atoms with Gasteiger partial charge in [-0.1, -0.05) is 12.1 Å². The summed E-state index contributed by atoms with van der Waals surface area (Å²) in [4.78, 5) is 11.9. The normalized spacial score (nSPS) is 16.5. The Morgan fingerprint density at radius 3 is 2.56 bits per heavy atom. The van der Waals surface area contributed by atoms with Crippen molar-refractivity contribution in [1.82, 2.24) is 5.32 Å². The van der Waals surface area contributed by atoms with Crippen LogP contribution >= 0.6 is 11.8 Å². The van der Waals surface area contributed by atoms with E-state index in [9.17, 15) is 4.79 Å². The van der Waals surface area contributed by atoms with E-state index in [0.29, 0.717) is 12.5 Å². The van der Waals surface area contributed by atoms with E-state index in [4.69, 9.17) is 5.73 Å². The summed E-state index contributed by atoms with van der Waals surface area (Å²) in [5.41, 5.74) is 7.30. The quantitative estimate of drug-likeness (QED) is 0.875. The molecule has 1 aliphatic rings. The van der Waals surface area contributed by atoms with Gasteiger partial charge < -0.3 is 11.1 Å². The lowest BCUT2D eigenvalue weighted by Gasteiger charge is -2.21. The largest absolute Gasteiger partial charge is 0.352 e. The number of nitrogens with one attached hydrogen (secondary N) is 1. The molecule has 3 nitrogen and oxygen atoms in total. The maximum absolute atomic E-state index is 11.9. The van der Waals surface area contributed by atoms with Crippen molar-refractivity contribution in [1.29, 1.82) is 0 Å². The molecular formula is C14H20N2OS. The number of hydrogen-bond donors (Lipinski definition) is 2. The molecule has 0 radical (unpaired) electrons. The second kappa shape index (κ2) is 6.81. The first-order valence-corrected chi connectivity index (χ1v) is 7.60. The monoisotopic (exact) mass is 264 g/mol. The minimum atomic E-state index is 0.0248. The van der Waals surface area contributed by atoms with E-state index in [-0.39, 0.29) is 5.91 Å². The van der Waals surface area contributed by atoms with Crippen LogP contribution in [-0.2, 0) is 6.54 Å². The van der Waals surface area contributed by atoms with Crippen LogP contribution in [0.15, 0.2) is 24.3 Å². The van der Waals surface area contributed by atoms with Crippen LogP contribution in [-0.4, -0.2) is 24.0 Å². The first-order chi connectivity index (χ1) is 8.79. The third-order valence-electron chi connectivity index (χ3n) is 3.34. The van der Waals surface area contributed by atoms with Gasteiger partial charge in [-0.25, -0.2) is 0 Å². The second-order valence-electron chi connectivity index (χ2n) is 4.67. The van der Waals surface area contributed by atoms with Gasteiger partial charge >= 0.3 is 0 Å². The van der Waals surface area contributed by atoms with Crippen LogP contribution in [0.4, 0.5) is 0 Å². The molecule has 0 aromatic heterocycles. The second-order valence-corrected chi connectivity index (χ2v) is 5.89. The first-order valence-electron chi connectivity index (χ1n) is 6.44. The van der Waals surface area contributed by atoms with Gasteiger partial charge in [0, 0.05) is 18.7 Å². The Bertz CT molecular complexity index is 385. The summed E-state index contributed by atoms with van der Waals surface area (Å²) in [6.45, 7) is 1.32. The molecule has 0 unspecified atom stereocenters. The number of nitrogens with two attached hydrogens (primary N) is 1. The average Bonchev–Trinajstić information content (AvgIpc) is 2.46. The molecule has 3 N–H and O–H groups in total. The van der Waals surface area contributed by atoms with Gasteiger partial charge in [-0.2, -0.15) is 11.8 Å². The molecule has 98 valence electrons. The molecule has 0 saturated carbocycles. The zero-order valence-corrected chi connectivity index (χ0v) is 11.3. The van der Waals surface area contributed by atoms with Gasteiger partial charge in [-0.05, 0) is 48.0 Å². The van der Waals surface area contributed by atoms with Crippen molar-refractivity contribution in [2.24, 2.45) is 11.7 Å². The zero-order valence-electron chi connectivity index (χ0n) is 10.5. The summed E-state index contributed by atoms with van der Waals surface area (Å²) in [5.74, 6) is 3.13. The summed E-state index contributed by atoms with van der Waals surface area (Å²) in [6.07, 6.45) is 2.44. The number of hydrogen-bond acceptors (Lipinski definition) is 3. The molecule has 1 fully saturated rings. The highest BCUT2D eigenvalue weighted by Gasteiger charge is 2.14. The topological polar surface area (TPSA) is 55.1 Å². The van der Waals surface area contributed by atoms with Gasteiger partial charge in [0.2, 0.25) is 0 Å². The fourth-order valence-corrected chi connectivity index (χ4v) is 3.29. The van der Waals surface area contributed by atoms with Crippen molar-refractivity contribution in [3.63, 3.8) is 0 Å². The Balaban J connectivity index is 1.82. The molecule has 0 bridgehead atoms. The van der Waals surface area contributed by atoms with Crippen molar-refractivity contribution in [2.45, 2.75) is 19.4 Å². The summed E-state index contributed by atoms with van der Waals surface area (Å²) >= 11 is 2.01. The molecule has 1 saturated heterocycles. The van der Waals surface area contributed by atoms with Crippen LogP contribution in [0.25, 0.3) is 0 Å². The Morgan fingerprint density at radius 1 is 1.28 bits per heavy atom. The predicted molar refractivity (Wildman–Crippen MR) is 76.7 cm³/mol. The van der Waals surface area contributed by atoms with E-state index in [1.165, 1.54) is 24.3 Å². The highest BCUT2D eigenvalue weighted by molar-refractivity contribution is 7.99. The maximum atomic E-state index is 11.9. The minimum Gasteiger partial charge on any atom is -0.352 e. The zero-order chi connectivity index (χ0) is 12.8. The van der Waals surface area contributed by atoms with Gasteiger partial charge in [-0.15, -0.1) is 0 Å². The van der Waals surface area contributed by atoms with Crippen molar-refractivity contribution < 1.29 is 4.79 Å². The molecule has 1 aliphatic heterocycles. The van der Waals surface area contributed by atoms with Crippen LogP contribution in [0.5, 0.6) is 0 Å². The van der Waals surface area contributed by atoms with Gasteiger partial charge in [0.1, 0.15) is 0 Å². The van der Waals surface area contributed by atoms with E-state index < -0.39 is 0 Å². The Morgan fingerprint density at radius 2 is 1.94 bits per heavy atom. The van der Waals surface area contributed by atoms with Crippen molar-refractivity contribution in [2.75, 3.05) is 18.1 Å². The molecular weight excluding hydrogens is 244 g/mol. The first kappa shape index (κ1) is 13.4. The lowest BCUT2D eigenvalue weighted by atomic mass is 10.0. The van der Waals surface area contributed by atoms with E-state index in [1.807, 2.05) is 36.0 Å². The highest BCUT2D eigenvalue weighted by atomic mass is 32.2. The Labute approximate surface area is 113 Å². The molecule has 18 heavy (non-hydrogen) atoms. The highest BCUT2D eigenvalue weighted by Crippen LogP contribution is 2.21. The van der Waals surface area contributed by atoms with Crippen LogP contribution in [0.3, 0.4) is 0 Å². The summed E-state index contributed by atoms with van der Waals surface area (Å²) < 4.78 is 0. The molecule has 1 aromatic rings. The number of benzene rings is 1. The number of amides is 1. The van der Waals surface area contributed by atoms with Crippen molar-refractivity contribution >= 4 is 17.7 Å². The molecule has 0 atom stereocenters. The number of carbonyl (C=O) groups is 1. The van der Waals surface area contributed by atoms with E-state index in [0.717, 1.165) is 17.7 Å². The van der Waals surface area contributed by atoms with E-state index in [1.54, 1.807) is 0 Å². The van der Waals surface area contributed by atoms with Gasteiger partial charge in [0.25, 0.3) is 5.91 Å². The lowest BCUT2D eigenvalue weighted by Crippen LogP contribution is -2.30. The predicted octanol–water partition coefficient (Wildman–Crippen LogP) is 2.02. The van der Waals surface area contributed by atoms with Crippen LogP contribution in [0, 0.1) is 5.92 Å². The van der Waals surface area contributed by atoms with Crippen LogP contribution in [0.1, 0.15) is 28.8 Å². The van der Waals surface area contributed by atoms with E-state index >= 15 is 0 Å². The fraction of sp³-hybridized carbons (Fsp3) is 0.500. The Kier molecular flexibility index (Phi) is 5.08. The van der Waals surface area contributed by atoms with Gasteiger partial charge in [0.05, 0.1) is 0 Å². The van der Waals surface area contributed by atoms with Crippen molar-refractivity contribution in [3.05, 3.63) is 35.4 Å². The summed E-state index contributed by atoms with van der Waals surface area (Å²) in [6, 6.07) is 7.50.